The molecule has 3 N–H and O–H groups in total. The predicted octanol–water partition coefficient (Wildman–Crippen LogP) is -0.470. The van der Waals surface area contributed by atoms with Gasteiger partial charge in [-0.05, 0) is 19.9 Å². The second-order valence-corrected chi connectivity index (χ2v) is 1.23. The van der Waals surface area contributed by atoms with Gasteiger partial charge in [0.25, 0.3) is 0 Å². The average Bonchev–Trinajstić information content (AvgIpc) is 1.35. The largest absolute Gasteiger partial charge is 0.393 e. The topological polar surface area (TPSA) is 46.2 Å². The summed E-state index contributed by atoms with van der Waals surface area (Å²) in [4.78, 5) is 0. The van der Waals surface area contributed by atoms with Crippen LogP contribution in [-0.2, 0) is 0 Å². The number of hydrogen-bond donors (Lipinski definition) is 2. The molecule has 0 aliphatic carbocycles. The van der Waals surface area contributed by atoms with E-state index in [1.807, 2.05) is 0 Å². The summed E-state index contributed by atoms with van der Waals surface area (Å²) in [5.41, 5.74) is 5.03. The van der Waals surface area contributed by atoms with E-state index in [4.69, 9.17) is 10.8 Å². The molecule has 0 aliphatic rings. The Morgan fingerprint density at radius 2 is 2.33 bits per heavy atom. The van der Waals surface area contributed by atoms with Crippen molar-refractivity contribution in [2.75, 3.05) is 6.54 Å². The normalized spacial score (nSPS) is 14.5. The number of aliphatic hydroxyl groups is 1. The molecule has 0 saturated heterocycles. The molecular formula is C4H10NO. The molecule has 1 radical (unpaired) electrons. The van der Waals surface area contributed by atoms with Gasteiger partial charge < -0.3 is 10.8 Å². The van der Waals surface area contributed by atoms with E-state index in [2.05, 4.69) is 6.92 Å². The van der Waals surface area contributed by atoms with Gasteiger partial charge in [0.15, 0.2) is 0 Å². The lowest BCUT2D eigenvalue weighted by Crippen LogP contribution is -2.08. The van der Waals surface area contributed by atoms with E-state index in [0.29, 0.717) is 13.0 Å². The zero-order chi connectivity index (χ0) is 4.99. The number of hydrogen-bond acceptors (Lipinski definition) is 2. The monoisotopic (exact) mass is 88.1 g/mol. The number of rotatable bonds is 2. The van der Waals surface area contributed by atoms with Crippen LogP contribution in [0.4, 0.5) is 0 Å². The van der Waals surface area contributed by atoms with Crippen LogP contribution in [0.5, 0.6) is 0 Å². The SMILES string of the molecule is [CH2]C(O)CCN. The fraction of sp³-hybridized carbons (Fsp3) is 0.750. The standard InChI is InChI=1S/C4H10NO/c1-4(6)2-3-5/h4,6H,1-3,5H2. The van der Waals surface area contributed by atoms with E-state index in [1.165, 1.54) is 0 Å². The van der Waals surface area contributed by atoms with Gasteiger partial charge in [0.1, 0.15) is 0 Å². The summed E-state index contributed by atoms with van der Waals surface area (Å²) >= 11 is 0. The molecule has 0 bridgehead atoms. The predicted molar refractivity (Wildman–Crippen MR) is 25.0 cm³/mol. The molecule has 6 heavy (non-hydrogen) atoms. The van der Waals surface area contributed by atoms with E-state index in [0.717, 1.165) is 0 Å². The highest BCUT2D eigenvalue weighted by molar-refractivity contribution is 4.54. The Labute approximate surface area is 38.0 Å². The van der Waals surface area contributed by atoms with Gasteiger partial charge in [0.2, 0.25) is 0 Å². The summed E-state index contributed by atoms with van der Waals surface area (Å²) < 4.78 is 0. The lowest BCUT2D eigenvalue weighted by Gasteiger charge is -1.95. The van der Waals surface area contributed by atoms with Crippen LogP contribution in [0.25, 0.3) is 0 Å². The smallest absolute Gasteiger partial charge is 0.0553 e. The maximum absolute atomic E-state index is 8.36. The fourth-order valence-corrected chi connectivity index (χ4v) is 0.192. The second-order valence-electron chi connectivity index (χ2n) is 1.23. The van der Waals surface area contributed by atoms with Crippen LogP contribution in [-0.4, -0.2) is 17.8 Å². The molecule has 1 unspecified atom stereocenters. The number of aliphatic hydroxyl groups excluding tert-OH is 1. The zero-order valence-corrected chi connectivity index (χ0v) is 3.72. The molecule has 0 heterocycles. The Morgan fingerprint density at radius 1 is 1.83 bits per heavy atom. The Hall–Kier alpha value is -0.0800. The summed E-state index contributed by atoms with van der Waals surface area (Å²) in [6.45, 7) is 3.82. The lowest BCUT2D eigenvalue weighted by molar-refractivity contribution is 0.213. The zero-order valence-electron chi connectivity index (χ0n) is 3.72. The Morgan fingerprint density at radius 3 is 2.33 bits per heavy atom. The molecule has 0 aromatic rings. The van der Waals surface area contributed by atoms with Gasteiger partial charge in [-0.3, -0.25) is 0 Å². The molecule has 0 saturated carbocycles. The van der Waals surface area contributed by atoms with E-state index in [1.54, 1.807) is 0 Å². The van der Waals surface area contributed by atoms with Crippen LogP contribution in [0.15, 0.2) is 0 Å². The molecule has 0 aromatic carbocycles. The van der Waals surface area contributed by atoms with E-state index < -0.39 is 6.10 Å². The van der Waals surface area contributed by atoms with Crippen molar-refractivity contribution in [1.82, 2.24) is 0 Å². The van der Waals surface area contributed by atoms with Crippen molar-refractivity contribution in [3.8, 4) is 0 Å². The van der Waals surface area contributed by atoms with Crippen LogP contribution < -0.4 is 5.73 Å². The van der Waals surface area contributed by atoms with Crippen LogP contribution >= 0.6 is 0 Å². The molecule has 37 valence electrons. The van der Waals surface area contributed by atoms with Gasteiger partial charge in [-0.2, -0.15) is 0 Å². The third-order valence-corrected chi connectivity index (χ3v) is 0.500. The summed E-state index contributed by atoms with van der Waals surface area (Å²) in [6.07, 6.45) is 0.120. The van der Waals surface area contributed by atoms with Crippen LogP contribution in [0.1, 0.15) is 6.42 Å². The number of nitrogens with two attached hydrogens (primary N) is 1. The average molecular weight is 88.1 g/mol. The van der Waals surface area contributed by atoms with Gasteiger partial charge >= 0.3 is 0 Å². The fourth-order valence-electron chi connectivity index (χ4n) is 0.192. The first kappa shape index (κ1) is 5.92. The van der Waals surface area contributed by atoms with Crippen LogP contribution in [0.3, 0.4) is 0 Å². The van der Waals surface area contributed by atoms with Crippen LogP contribution in [0.2, 0.25) is 0 Å². The van der Waals surface area contributed by atoms with Gasteiger partial charge in [-0.25, -0.2) is 0 Å². The third kappa shape index (κ3) is 3.92. The molecular weight excluding hydrogens is 78.0 g/mol. The molecule has 0 amide bonds. The minimum atomic E-state index is -0.477. The highest BCUT2D eigenvalue weighted by atomic mass is 16.3. The van der Waals surface area contributed by atoms with Crippen LogP contribution in [0, 0.1) is 6.92 Å². The Kier molecular flexibility index (Phi) is 3.08. The van der Waals surface area contributed by atoms with Crippen molar-refractivity contribution in [3.63, 3.8) is 0 Å². The molecule has 0 aliphatic heterocycles. The molecule has 0 fully saturated rings. The molecule has 0 aromatic heterocycles. The first-order valence-corrected chi connectivity index (χ1v) is 1.98. The summed E-state index contributed by atoms with van der Waals surface area (Å²) in [5.74, 6) is 0. The minimum Gasteiger partial charge on any atom is -0.393 e. The van der Waals surface area contributed by atoms with Gasteiger partial charge in [0.05, 0.1) is 6.10 Å². The van der Waals surface area contributed by atoms with Crippen molar-refractivity contribution < 1.29 is 5.11 Å². The van der Waals surface area contributed by atoms with Crippen molar-refractivity contribution in [3.05, 3.63) is 6.92 Å². The maximum atomic E-state index is 8.36. The summed E-state index contributed by atoms with van der Waals surface area (Å²) in [5, 5.41) is 8.36. The van der Waals surface area contributed by atoms with Crippen molar-refractivity contribution >= 4 is 0 Å². The van der Waals surface area contributed by atoms with E-state index >= 15 is 0 Å². The van der Waals surface area contributed by atoms with Gasteiger partial charge in [-0.15, -0.1) is 0 Å². The maximum Gasteiger partial charge on any atom is 0.0553 e. The van der Waals surface area contributed by atoms with Gasteiger partial charge in [-0.1, -0.05) is 0 Å². The molecule has 1 atom stereocenters. The van der Waals surface area contributed by atoms with Gasteiger partial charge in [0, 0.05) is 0 Å². The molecule has 0 spiro atoms. The molecule has 0 rings (SSSR count). The lowest BCUT2D eigenvalue weighted by atomic mass is 10.3. The first-order valence-electron chi connectivity index (χ1n) is 1.98. The summed E-state index contributed by atoms with van der Waals surface area (Å²) in [7, 11) is 0. The molecule has 2 nitrogen and oxygen atoms in total. The highest BCUT2D eigenvalue weighted by Crippen LogP contribution is 1.81. The van der Waals surface area contributed by atoms with Crippen molar-refractivity contribution in [2.45, 2.75) is 12.5 Å². The summed E-state index contributed by atoms with van der Waals surface area (Å²) in [6, 6.07) is 0. The minimum absolute atomic E-state index is 0.477. The highest BCUT2D eigenvalue weighted by Gasteiger charge is 1.87. The Balaban J connectivity index is 2.63. The quantitative estimate of drug-likeness (QED) is 0.479. The first-order chi connectivity index (χ1) is 2.77. The van der Waals surface area contributed by atoms with Crippen molar-refractivity contribution in [1.29, 1.82) is 0 Å². The second kappa shape index (κ2) is 3.12. The van der Waals surface area contributed by atoms with E-state index in [-0.39, 0.29) is 0 Å². The Bertz CT molecular complexity index is 28.7. The van der Waals surface area contributed by atoms with E-state index in [9.17, 15) is 0 Å². The third-order valence-electron chi connectivity index (χ3n) is 0.500. The molecule has 2 heteroatoms. The van der Waals surface area contributed by atoms with Crippen molar-refractivity contribution in [2.24, 2.45) is 5.73 Å².